The second-order valence-electron chi connectivity index (χ2n) is 5.42. The highest BCUT2D eigenvalue weighted by Crippen LogP contribution is 2.29. The van der Waals surface area contributed by atoms with Crippen LogP contribution in [0.1, 0.15) is 12.6 Å². The first-order valence-electron chi connectivity index (χ1n) is 8.34. The predicted octanol–water partition coefficient (Wildman–Crippen LogP) is 3.87. The fourth-order valence-electron chi connectivity index (χ4n) is 2.45. The van der Waals surface area contributed by atoms with E-state index >= 15 is 0 Å². The van der Waals surface area contributed by atoms with Crippen LogP contribution < -0.4 is 4.74 Å². The Morgan fingerprint density at radius 1 is 1.15 bits per heavy atom. The fourth-order valence-corrected chi connectivity index (χ4v) is 4.13. The summed E-state index contributed by atoms with van der Waals surface area (Å²) < 4.78 is 7.38. The molecule has 4 rings (SSSR count). The molecule has 0 bridgehead atoms. The molecule has 4 aromatic rings. The second kappa shape index (κ2) is 8.28. The van der Waals surface area contributed by atoms with Gasteiger partial charge in [0.25, 0.3) is 0 Å². The maximum Gasteiger partial charge on any atom is 0.214 e. The van der Waals surface area contributed by atoms with Crippen LogP contribution in [-0.4, -0.2) is 36.8 Å². The van der Waals surface area contributed by atoms with Crippen LogP contribution in [0, 0.1) is 0 Å². The van der Waals surface area contributed by atoms with Crippen molar-refractivity contribution in [1.82, 2.24) is 30.2 Å². The fraction of sp³-hybridized carbons (Fsp3) is 0.167. The zero-order chi connectivity index (χ0) is 18.5. The Balaban J connectivity index is 1.51. The molecule has 0 saturated heterocycles. The molecule has 9 heteroatoms. The van der Waals surface area contributed by atoms with Gasteiger partial charge in [0.1, 0.15) is 16.4 Å². The van der Waals surface area contributed by atoms with Crippen LogP contribution in [0.5, 0.6) is 5.75 Å². The van der Waals surface area contributed by atoms with Gasteiger partial charge in [0.15, 0.2) is 0 Å². The van der Waals surface area contributed by atoms with Gasteiger partial charge in [0.05, 0.1) is 18.0 Å². The Hall–Kier alpha value is -2.78. The lowest BCUT2D eigenvalue weighted by Crippen LogP contribution is -2.03. The highest BCUT2D eigenvalue weighted by Gasteiger charge is 2.14. The number of hydrogen-bond acceptors (Lipinski definition) is 8. The van der Waals surface area contributed by atoms with Crippen molar-refractivity contribution in [3.63, 3.8) is 0 Å². The van der Waals surface area contributed by atoms with E-state index in [-0.39, 0.29) is 0 Å². The number of rotatable bonds is 7. The number of thiazole rings is 1. The number of nitrogens with zero attached hydrogens (tertiary/aromatic N) is 6. The average molecular weight is 397 g/mol. The van der Waals surface area contributed by atoms with Crippen LogP contribution >= 0.6 is 23.1 Å². The van der Waals surface area contributed by atoms with Gasteiger partial charge in [0, 0.05) is 17.3 Å². The molecule has 0 saturated carbocycles. The minimum Gasteiger partial charge on any atom is -0.492 e. The van der Waals surface area contributed by atoms with Gasteiger partial charge in [-0.15, -0.1) is 16.4 Å². The van der Waals surface area contributed by atoms with E-state index in [1.54, 1.807) is 22.2 Å². The molecule has 7 nitrogen and oxygen atoms in total. The molecular weight excluding hydrogens is 380 g/mol. The quantitative estimate of drug-likeness (QED) is 0.439. The lowest BCUT2D eigenvalue weighted by Gasteiger charge is -2.10. The number of pyridine rings is 1. The average Bonchev–Trinajstić information content (AvgIpc) is 3.37. The van der Waals surface area contributed by atoms with Gasteiger partial charge in [-0.1, -0.05) is 30.0 Å². The van der Waals surface area contributed by atoms with Crippen LogP contribution in [0.2, 0.25) is 0 Å². The Bertz CT molecular complexity index is 1020. The molecule has 27 heavy (non-hydrogen) atoms. The lowest BCUT2D eigenvalue weighted by molar-refractivity contribution is 0.337. The van der Waals surface area contributed by atoms with Crippen molar-refractivity contribution in [2.45, 2.75) is 17.8 Å². The number of hydrogen-bond donors (Lipinski definition) is 0. The van der Waals surface area contributed by atoms with Crippen LogP contribution in [0.25, 0.3) is 16.4 Å². The topological polar surface area (TPSA) is 78.6 Å². The SMILES string of the molecule is CCOc1ccccc1-n1nnnc1SCc1csc(-c2ccccn2)n1. The molecule has 136 valence electrons. The molecule has 3 aromatic heterocycles. The van der Waals surface area contributed by atoms with E-state index in [1.165, 1.54) is 11.8 Å². The van der Waals surface area contributed by atoms with E-state index < -0.39 is 0 Å². The molecule has 0 unspecified atom stereocenters. The van der Waals surface area contributed by atoms with Gasteiger partial charge in [-0.3, -0.25) is 4.98 Å². The van der Waals surface area contributed by atoms with Gasteiger partial charge in [0.2, 0.25) is 5.16 Å². The van der Waals surface area contributed by atoms with E-state index in [1.807, 2.05) is 54.8 Å². The molecule has 0 radical (unpaired) electrons. The molecule has 0 spiro atoms. The van der Waals surface area contributed by atoms with Gasteiger partial charge in [-0.05, 0) is 41.6 Å². The smallest absolute Gasteiger partial charge is 0.214 e. The van der Waals surface area contributed by atoms with Crippen molar-refractivity contribution in [2.24, 2.45) is 0 Å². The van der Waals surface area contributed by atoms with E-state index in [0.717, 1.165) is 27.8 Å². The minimum absolute atomic E-state index is 0.580. The maximum atomic E-state index is 5.69. The standard InChI is InChI=1S/C18H16N6OS2/c1-2-25-16-9-4-3-8-15(16)24-18(21-22-23-24)27-12-13-11-26-17(20-13)14-7-5-6-10-19-14/h3-11H,2,12H2,1H3. The Labute approximate surface area is 164 Å². The molecule has 3 heterocycles. The van der Waals surface area contributed by atoms with Crippen molar-refractivity contribution < 1.29 is 4.74 Å². The molecule has 0 aliphatic heterocycles. The highest BCUT2D eigenvalue weighted by atomic mass is 32.2. The maximum absolute atomic E-state index is 5.69. The summed E-state index contributed by atoms with van der Waals surface area (Å²) in [6, 6.07) is 13.5. The summed E-state index contributed by atoms with van der Waals surface area (Å²) >= 11 is 3.12. The van der Waals surface area contributed by atoms with Gasteiger partial charge < -0.3 is 4.74 Å². The lowest BCUT2D eigenvalue weighted by atomic mass is 10.3. The third-order valence-corrected chi connectivity index (χ3v) is 5.49. The third-order valence-electron chi connectivity index (χ3n) is 3.62. The van der Waals surface area contributed by atoms with E-state index in [0.29, 0.717) is 17.5 Å². The van der Waals surface area contributed by atoms with Crippen molar-refractivity contribution >= 4 is 23.1 Å². The molecule has 0 atom stereocenters. The van der Waals surface area contributed by atoms with Crippen molar-refractivity contribution in [3.8, 4) is 22.1 Å². The number of tetrazole rings is 1. The van der Waals surface area contributed by atoms with E-state index in [4.69, 9.17) is 4.74 Å². The summed E-state index contributed by atoms with van der Waals surface area (Å²) in [5.41, 5.74) is 2.67. The molecule has 0 fully saturated rings. The van der Waals surface area contributed by atoms with Crippen LogP contribution in [0.3, 0.4) is 0 Å². The van der Waals surface area contributed by atoms with Gasteiger partial charge >= 0.3 is 0 Å². The predicted molar refractivity (Wildman–Crippen MR) is 105 cm³/mol. The van der Waals surface area contributed by atoms with Crippen molar-refractivity contribution in [3.05, 3.63) is 59.7 Å². The van der Waals surface area contributed by atoms with Crippen LogP contribution in [0.15, 0.2) is 59.2 Å². The van der Waals surface area contributed by atoms with E-state index in [2.05, 4.69) is 25.5 Å². The number of para-hydroxylation sites is 2. The van der Waals surface area contributed by atoms with E-state index in [9.17, 15) is 0 Å². The number of thioether (sulfide) groups is 1. The monoisotopic (exact) mass is 396 g/mol. The molecule has 0 aliphatic rings. The first-order valence-corrected chi connectivity index (χ1v) is 10.2. The van der Waals surface area contributed by atoms with Crippen LogP contribution in [-0.2, 0) is 5.75 Å². The second-order valence-corrected chi connectivity index (χ2v) is 7.22. The molecular formula is C18H16N6OS2. The zero-order valence-corrected chi connectivity index (χ0v) is 16.2. The van der Waals surface area contributed by atoms with Crippen LogP contribution in [0.4, 0.5) is 0 Å². The first kappa shape index (κ1) is 17.6. The zero-order valence-electron chi connectivity index (χ0n) is 14.5. The van der Waals surface area contributed by atoms with Crippen molar-refractivity contribution in [1.29, 1.82) is 0 Å². The minimum atomic E-state index is 0.580. The number of aromatic nitrogens is 6. The number of benzene rings is 1. The third kappa shape index (κ3) is 3.99. The Morgan fingerprint density at radius 2 is 2.04 bits per heavy atom. The summed E-state index contributed by atoms with van der Waals surface area (Å²) in [6.07, 6.45) is 1.77. The summed E-state index contributed by atoms with van der Waals surface area (Å²) in [5, 5.41) is 15.7. The molecule has 1 aromatic carbocycles. The molecule has 0 N–H and O–H groups in total. The van der Waals surface area contributed by atoms with Gasteiger partial charge in [-0.25, -0.2) is 4.98 Å². The highest BCUT2D eigenvalue weighted by molar-refractivity contribution is 7.98. The van der Waals surface area contributed by atoms with Crippen molar-refractivity contribution in [2.75, 3.05) is 6.61 Å². The summed E-state index contributed by atoms with van der Waals surface area (Å²) in [4.78, 5) is 9.01. The summed E-state index contributed by atoms with van der Waals surface area (Å²) in [6.45, 7) is 2.53. The Kier molecular flexibility index (Phi) is 5.40. The normalized spacial score (nSPS) is 10.9. The molecule has 0 aliphatic carbocycles. The summed E-state index contributed by atoms with van der Waals surface area (Å²) in [7, 11) is 0. The Morgan fingerprint density at radius 3 is 2.89 bits per heavy atom. The summed E-state index contributed by atoms with van der Waals surface area (Å²) in [5.74, 6) is 1.42. The molecule has 0 amide bonds. The first-order chi connectivity index (χ1) is 13.3. The largest absolute Gasteiger partial charge is 0.492 e. The van der Waals surface area contributed by atoms with Gasteiger partial charge in [-0.2, -0.15) is 4.68 Å². The number of ether oxygens (including phenoxy) is 1.